The van der Waals surface area contributed by atoms with Gasteiger partial charge in [-0.25, -0.2) is 9.97 Å². The standard InChI is InChI=1S/C38H46N8O4/c1-37(2,43-33(47)25-14-15-25)35(49)45-19-5-7-29(45)31-39-21-27(41-31)18-11-23-9-12-24(13-10-23)28-22-40-32(42-28)30-8-6-20-46(30)36(50)38(3,4)44-34(48)26-16-17-26/h9-10,12-13,21-22,25-26,29-30H,5-8,14-17,19-20H2,1-4H3,(H,39,41)(H,40,42)(H,43,47)(H,44,48)/t29-,30-/m0/s1. The molecular formula is C38H46N8O4. The molecule has 4 aliphatic rings. The molecule has 4 fully saturated rings. The zero-order chi connectivity index (χ0) is 35.2. The zero-order valence-corrected chi connectivity index (χ0v) is 29.3. The maximum absolute atomic E-state index is 13.5. The molecule has 4 N–H and O–H groups in total. The molecule has 12 heteroatoms. The number of imidazole rings is 2. The van der Waals surface area contributed by atoms with Crippen LogP contribution in [0.5, 0.6) is 0 Å². The number of amides is 4. The lowest BCUT2D eigenvalue weighted by Gasteiger charge is -2.33. The number of nitrogens with zero attached hydrogens (tertiary/aromatic N) is 4. The second kappa shape index (κ2) is 13.1. The van der Waals surface area contributed by atoms with Crippen LogP contribution in [-0.2, 0) is 19.2 Å². The number of nitrogens with one attached hydrogen (secondary N) is 4. The Bertz CT molecular complexity index is 1850. The lowest BCUT2D eigenvalue weighted by molar-refractivity contribution is -0.141. The van der Waals surface area contributed by atoms with Gasteiger partial charge in [-0.1, -0.05) is 18.1 Å². The molecule has 2 aromatic heterocycles. The van der Waals surface area contributed by atoms with Gasteiger partial charge in [0.25, 0.3) is 0 Å². The fourth-order valence-electron chi connectivity index (χ4n) is 7.02. The van der Waals surface area contributed by atoms with Gasteiger partial charge < -0.3 is 30.4 Å². The number of aromatic amines is 2. The van der Waals surface area contributed by atoms with Crippen molar-refractivity contribution in [1.29, 1.82) is 0 Å². The number of carbonyl (C=O) groups is 4. The summed E-state index contributed by atoms with van der Waals surface area (Å²) in [5.41, 5.74) is 1.34. The third-order valence-electron chi connectivity index (χ3n) is 10.2. The third-order valence-corrected chi connectivity index (χ3v) is 10.2. The zero-order valence-electron chi connectivity index (χ0n) is 29.3. The van der Waals surface area contributed by atoms with Crippen LogP contribution in [0.15, 0.2) is 36.7 Å². The summed E-state index contributed by atoms with van der Waals surface area (Å²) in [7, 11) is 0. The van der Waals surface area contributed by atoms with Gasteiger partial charge >= 0.3 is 0 Å². The first-order valence-electron chi connectivity index (χ1n) is 17.9. The molecule has 50 heavy (non-hydrogen) atoms. The molecule has 3 aromatic rings. The van der Waals surface area contributed by atoms with Crippen molar-refractivity contribution in [3.63, 3.8) is 0 Å². The van der Waals surface area contributed by atoms with Crippen molar-refractivity contribution in [2.24, 2.45) is 11.8 Å². The van der Waals surface area contributed by atoms with Gasteiger partial charge in [0, 0.05) is 30.5 Å². The predicted molar refractivity (Wildman–Crippen MR) is 186 cm³/mol. The SMILES string of the molecule is CC(C)(NC(=O)C1CC1)C(=O)N1CCC[C@H]1c1ncc(C#Cc2ccc(-c3cnc([C@@H]4CCCN4C(=O)C(C)(C)NC(=O)C4CC4)[nH]3)cc2)[nH]1. The van der Waals surface area contributed by atoms with Crippen molar-refractivity contribution < 1.29 is 19.2 Å². The molecule has 2 saturated carbocycles. The second-order valence-corrected chi connectivity index (χ2v) is 15.3. The number of aromatic nitrogens is 4. The molecule has 2 saturated heterocycles. The van der Waals surface area contributed by atoms with Gasteiger partial charge in [0.15, 0.2) is 0 Å². The Labute approximate surface area is 292 Å². The van der Waals surface area contributed by atoms with Crippen molar-refractivity contribution in [2.45, 2.75) is 102 Å². The van der Waals surface area contributed by atoms with E-state index in [1.807, 2.05) is 34.1 Å². The molecule has 0 unspecified atom stereocenters. The van der Waals surface area contributed by atoms with Crippen LogP contribution in [0.4, 0.5) is 0 Å². The lowest BCUT2D eigenvalue weighted by Crippen LogP contribution is -2.56. The third kappa shape index (κ3) is 7.04. The molecule has 1 aromatic carbocycles. The van der Waals surface area contributed by atoms with Gasteiger partial charge in [-0.3, -0.25) is 19.2 Å². The smallest absolute Gasteiger partial charge is 0.248 e. The van der Waals surface area contributed by atoms with E-state index in [0.29, 0.717) is 24.6 Å². The van der Waals surface area contributed by atoms with Gasteiger partial charge in [-0.05, 0) is 103 Å². The minimum Gasteiger partial charge on any atom is -0.342 e. The van der Waals surface area contributed by atoms with Crippen molar-refractivity contribution in [3.05, 3.63) is 59.6 Å². The fourth-order valence-corrected chi connectivity index (χ4v) is 7.02. The lowest BCUT2D eigenvalue weighted by atomic mass is 10.0. The van der Waals surface area contributed by atoms with Crippen LogP contribution in [0.2, 0.25) is 0 Å². The minimum absolute atomic E-state index is 0.0376. The molecule has 12 nitrogen and oxygen atoms in total. The Hall–Kier alpha value is -4.92. The summed E-state index contributed by atoms with van der Waals surface area (Å²) in [6.07, 6.45) is 10.4. The van der Waals surface area contributed by atoms with E-state index in [0.717, 1.165) is 74.0 Å². The van der Waals surface area contributed by atoms with Crippen LogP contribution >= 0.6 is 0 Å². The molecule has 0 bridgehead atoms. The van der Waals surface area contributed by atoms with Gasteiger partial charge in [0.05, 0.1) is 30.2 Å². The molecule has 7 rings (SSSR count). The van der Waals surface area contributed by atoms with Crippen LogP contribution < -0.4 is 10.6 Å². The van der Waals surface area contributed by atoms with Crippen LogP contribution in [-0.4, -0.2) is 77.5 Å². The molecule has 0 spiro atoms. The highest BCUT2D eigenvalue weighted by Crippen LogP contribution is 2.36. The maximum atomic E-state index is 13.5. The average Bonchev–Trinajstić information content (AvgIpc) is 3.86. The summed E-state index contributed by atoms with van der Waals surface area (Å²) in [6.45, 7) is 8.35. The Morgan fingerprint density at radius 2 is 1.20 bits per heavy atom. The highest BCUT2D eigenvalue weighted by atomic mass is 16.2. The Morgan fingerprint density at radius 3 is 1.72 bits per heavy atom. The summed E-state index contributed by atoms with van der Waals surface area (Å²) in [5.74, 6) is 7.60. The van der Waals surface area contributed by atoms with Gasteiger partial charge in [0.2, 0.25) is 23.6 Å². The van der Waals surface area contributed by atoms with E-state index < -0.39 is 11.1 Å². The minimum atomic E-state index is -0.983. The van der Waals surface area contributed by atoms with E-state index in [9.17, 15) is 19.2 Å². The predicted octanol–water partition coefficient (Wildman–Crippen LogP) is 4.14. The topological polar surface area (TPSA) is 156 Å². The molecule has 2 aliphatic carbocycles. The highest BCUT2D eigenvalue weighted by Gasteiger charge is 2.44. The van der Waals surface area contributed by atoms with Crippen LogP contribution in [0, 0.1) is 23.7 Å². The molecular weight excluding hydrogens is 632 g/mol. The largest absolute Gasteiger partial charge is 0.342 e. The summed E-state index contributed by atoms with van der Waals surface area (Å²) >= 11 is 0. The Kier molecular flexibility index (Phi) is 8.78. The number of benzene rings is 1. The number of hydrogen-bond acceptors (Lipinski definition) is 6. The number of likely N-dealkylation sites (tertiary alicyclic amines) is 2. The van der Waals surface area contributed by atoms with Crippen LogP contribution in [0.25, 0.3) is 11.3 Å². The normalized spacial score (nSPS) is 20.7. The molecule has 2 atom stereocenters. The molecule has 4 heterocycles. The Morgan fingerprint density at radius 1 is 0.700 bits per heavy atom. The van der Waals surface area contributed by atoms with E-state index in [2.05, 4.69) is 42.4 Å². The average molecular weight is 679 g/mol. The van der Waals surface area contributed by atoms with E-state index in [4.69, 9.17) is 0 Å². The summed E-state index contributed by atoms with van der Waals surface area (Å²) < 4.78 is 0. The first-order chi connectivity index (χ1) is 23.9. The van der Waals surface area contributed by atoms with Crippen LogP contribution in [0.1, 0.15) is 114 Å². The van der Waals surface area contributed by atoms with Crippen molar-refractivity contribution >= 4 is 23.6 Å². The second-order valence-electron chi connectivity index (χ2n) is 15.3. The highest BCUT2D eigenvalue weighted by molar-refractivity contribution is 5.93. The quantitative estimate of drug-likeness (QED) is 0.250. The summed E-state index contributed by atoms with van der Waals surface area (Å²) in [4.78, 5) is 71.4. The van der Waals surface area contributed by atoms with Crippen molar-refractivity contribution in [1.82, 2.24) is 40.4 Å². The number of carbonyl (C=O) groups excluding carboxylic acids is 4. The monoisotopic (exact) mass is 678 g/mol. The fraction of sp³-hybridized carbons (Fsp3) is 0.526. The Balaban J connectivity index is 0.976. The van der Waals surface area contributed by atoms with E-state index >= 15 is 0 Å². The van der Waals surface area contributed by atoms with Crippen molar-refractivity contribution in [3.8, 4) is 23.1 Å². The number of hydrogen-bond donors (Lipinski definition) is 4. The van der Waals surface area contributed by atoms with Crippen LogP contribution in [0.3, 0.4) is 0 Å². The van der Waals surface area contributed by atoms with E-state index in [-0.39, 0.29) is 47.5 Å². The number of H-pyrrole nitrogens is 2. The summed E-state index contributed by atoms with van der Waals surface area (Å²) in [5, 5.41) is 5.90. The first kappa shape index (κ1) is 33.6. The molecule has 262 valence electrons. The maximum Gasteiger partial charge on any atom is 0.248 e. The van der Waals surface area contributed by atoms with E-state index in [1.165, 1.54) is 0 Å². The van der Waals surface area contributed by atoms with Gasteiger partial charge in [-0.2, -0.15) is 0 Å². The first-order valence-corrected chi connectivity index (χ1v) is 17.9. The van der Waals surface area contributed by atoms with Crippen molar-refractivity contribution in [2.75, 3.05) is 13.1 Å². The number of rotatable bonds is 9. The summed E-state index contributed by atoms with van der Waals surface area (Å²) in [6, 6.07) is 7.51. The van der Waals surface area contributed by atoms with Gasteiger partial charge in [-0.15, -0.1) is 0 Å². The van der Waals surface area contributed by atoms with E-state index in [1.54, 1.807) is 40.1 Å². The molecule has 0 radical (unpaired) electrons. The molecule has 2 aliphatic heterocycles. The van der Waals surface area contributed by atoms with Gasteiger partial charge in [0.1, 0.15) is 28.4 Å². The molecule has 4 amide bonds.